The van der Waals surface area contributed by atoms with Crippen molar-refractivity contribution < 1.29 is 22.5 Å². The molecule has 1 aromatic carbocycles. The Morgan fingerprint density at radius 3 is 2.50 bits per heavy atom. The molecule has 0 unspecified atom stereocenters. The van der Waals surface area contributed by atoms with Crippen molar-refractivity contribution in [3.8, 4) is 22.6 Å². The predicted molar refractivity (Wildman–Crippen MR) is 120 cm³/mol. The number of thiazole rings is 1. The number of benzene rings is 1. The highest BCUT2D eigenvalue weighted by atomic mass is 32.1. The third-order valence-corrected chi connectivity index (χ3v) is 6.26. The summed E-state index contributed by atoms with van der Waals surface area (Å²) in [7, 11) is 0. The third kappa shape index (κ3) is 5.14. The van der Waals surface area contributed by atoms with E-state index in [4.69, 9.17) is 4.98 Å². The van der Waals surface area contributed by atoms with Gasteiger partial charge in [0, 0.05) is 40.9 Å². The minimum absolute atomic E-state index is 0.133. The van der Waals surface area contributed by atoms with Crippen LogP contribution in [-0.2, 0) is 11.6 Å². The second-order valence-electron chi connectivity index (χ2n) is 8.35. The second-order valence-corrected chi connectivity index (χ2v) is 9.21. The first-order chi connectivity index (χ1) is 16.0. The van der Waals surface area contributed by atoms with E-state index in [1.165, 1.54) is 35.4 Å². The first-order valence-corrected chi connectivity index (χ1v) is 11.1. The largest absolute Gasteiger partial charge is 0.471 e. The van der Waals surface area contributed by atoms with Crippen LogP contribution in [0.15, 0.2) is 52.6 Å². The summed E-state index contributed by atoms with van der Waals surface area (Å²) in [6.45, 7) is 6.25. The van der Waals surface area contributed by atoms with E-state index in [0.29, 0.717) is 0 Å². The Kier molecular flexibility index (Phi) is 6.22. The maximum atomic E-state index is 12.7. The lowest BCUT2D eigenvalue weighted by Crippen LogP contribution is -2.36. The number of rotatable bonds is 6. The van der Waals surface area contributed by atoms with Crippen molar-refractivity contribution >= 4 is 17.2 Å². The molecule has 3 heterocycles. The van der Waals surface area contributed by atoms with Crippen LogP contribution in [0.2, 0.25) is 0 Å². The van der Waals surface area contributed by atoms with Gasteiger partial charge in [-0.1, -0.05) is 48.8 Å². The number of hydrogen-bond donors (Lipinski definition) is 1. The normalized spacial score (nSPS) is 12.1. The van der Waals surface area contributed by atoms with Gasteiger partial charge in [-0.15, -0.1) is 11.3 Å². The molecule has 34 heavy (non-hydrogen) atoms. The first-order valence-electron chi connectivity index (χ1n) is 10.2. The summed E-state index contributed by atoms with van der Waals surface area (Å²) < 4.78 is 42.4. The van der Waals surface area contributed by atoms with Crippen LogP contribution in [0.4, 0.5) is 13.2 Å². The van der Waals surface area contributed by atoms with Crippen LogP contribution >= 0.6 is 11.3 Å². The third-order valence-electron chi connectivity index (χ3n) is 5.05. The molecular formula is C23H20F3N5O2S. The van der Waals surface area contributed by atoms with Gasteiger partial charge in [-0.05, 0) is 13.0 Å². The summed E-state index contributed by atoms with van der Waals surface area (Å²) >= 11 is 1.51. The zero-order valence-electron chi connectivity index (χ0n) is 18.5. The van der Waals surface area contributed by atoms with E-state index in [-0.39, 0.29) is 23.5 Å². The second kappa shape index (κ2) is 8.98. The molecule has 1 N–H and O–H groups in total. The number of halogens is 3. The van der Waals surface area contributed by atoms with Crippen LogP contribution in [0, 0.1) is 6.92 Å². The zero-order valence-corrected chi connectivity index (χ0v) is 19.3. The van der Waals surface area contributed by atoms with Crippen LogP contribution < -0.4 is 5.32 Å². The minimum Gasteiger partial charge on any atom is -0.351 e. The van der Waals surface area contributed by atoms with Crippen molar-refractivity contribution in [2.24, 2.45) is 0 Å². The molecule has 4 rings (SSSR count). The van der Waals surface area contributed by atoms with E-state index in [2.05, 4.69) is 25.0 Å². The fraction of sp³-hybridized carbons (Fsp3) is 0.261. The van der Waals surface area contributed by atoms with Crippen molar-refractivity contribution in [3.05, 3.63) is 70.1 Å². The molecule has 0 bridgehead atoms. The molecular weight excluding hydrogens is 467 g/mol. The van der Waals surface area contributed by atoms with Gasteiger partial charge in [0.1, 0.15) is 5.01 Å². The van der Waals surface area contributed by atoms with Gasteiger partial charge in [-0.3, -0.25) is 9.78 Å². The average Bonchev–Trinajstić information content (AvgIpc) is 3.49. The SMILES string of the molecule is Cc1ccc(-c2csc(C(C)(C)CNC(=O)c3cncc(-c4noc(C(F)(F)F)n4)c3)n2)cc1. The van der Waals surface area contributed by atoms with E-state index in [1.807, 2.05) is 50.4 Å². The highest BCUT2D eigenvalue weighted by Gasteiger charge is 2.38. The zero-order chi connectivity index (χ0) is 24.5. The smallest absolute Gasteiger partial charge is 0.351 e. The summed E-state index contributed by atoms with van der Waals surface area (Å²) in [5, 5.41) is 9.02. The lowest BCUT2D eigenvalue weighted by molar-refractivity contribution is -0.159. The number of amides is 1. The Labute approximate surface area is 197 Å². The van der Waals surface area contributed by atoms with Gasteiger partial charge in [0.2, 0.25) is 5.82 Å². The van der Waals surface area contributed by atoms with Crippen molar-refractivity contribution in [2.75, 3.05) is 6.54 Å². The number of hydrogen-bond acceptors (Lipinski definition) is 7. The van der Waals surface area contributed by atoms with Gasteiger partial charge in [0.25, 0.3) is 5.91 Å². The van der Waals surface area contributed by atoms with Gasteiger partial charge in [-0.25, -0.2) is 4.98 Å². The van der Waals surface area contributed by atoms with E-state index in [9.17, 15) is 18.0 Å². The Hall–Kier alpha value is -3.60. The molecule has 0 fully saturated rings. The lowest BCUT2D eigenvalue weighted by Gasteiger charge is -2.22. The Bertz CT molecular complexity index is 1310. The Morgan fingerprint density at radius 2 is 1.82 bits per heavy atom. The highest BCUT2D eigenvalue weighted by Crippen LogP contribution is 2.31. The van der Waals surface area contributed by atoms with E-state index < -0.39 is 23.4 Å². The number of aromatic nitrogens is 4. The molecule has 1 amide bonds. The number of carbonyl (C=O) groups excluding carboxylic acids is 1. The molecule has 0 radical (unpaired) electrons. The van der Waals surface area contributed by atoms with Crippen molar-refractivity contribution in [1.82, 2.24) is 25.4 Å². The Balaban J connectivity index is 1.45. The van der Waals surface area contributed by atoms with Crippen molar-refractivity contribution in [2.45, 2.75) is 32.4 Å². The minimum atomic E-state index is -4.76. The number of nitrogens with one attached hydrogen (secondary N) is 1. The molecule has 0 atom stereocenters. The fourth-order valence-electron chi connectivity index (χ4n) is 3.06. The molecule has 0 aliphatic carbocycles. The molecule has 0 spiro atoms. The summed E-state index contributed by atoms with van der Waals surface area (Å²) in [4.78, 5) is 24.7. The monoisotopic (exact) mass is 487 g/mol. The quantitative estimate of drug-likeness (QED) is 0.397. The molecule has 176 valence electrons. The predicted octanol–water partition coefficient (Wildman–Crippen LogP) is 5.29. The van der Waals surface area contributed by atoms with Gasteiger partial charge in [-0.2, -0.15) is 18.2 Å². The number of carbonyl (C=O) groups is 1. The van der Waals surface area contributed by atoms with E-state index in [1.54, 1.807) is 0 Å². The van der Waals surface area contributed by atoms with Crippen molar-refractivity contribution in [1.29, 1.82) is 0 Å². The molecule has 7 nitrogen and oxygen atoms in total. The molecule has 3 aromatic heterocycles. The first kappa shape index (κ1) is 23.6. The molecule has 0 aliphatic heterocycles. The molecule has 11 heteroatoms. The summed E-state index contributed by atoms with van der Waals surface area (Å²) in [5.41, 5.74) is 2.89. The van der Waals surface area contributed by atoms with E-state index in [0.717, 1.165) is 16.3 Å². The number of aryl methyl sites for hydroxylation is 1. The van der Waals surface area contributed by atoms with Crippen molar-refractivity contribution in [3.63, 3.8) is 0 Å². The Morgan fingerprint density at radius 1 is 1.09 bits per heavy atom. The lowest BCUT2D eigenvalue weighted by atomic mass is 9.94. The van der Waals surface area contributed by atoms with E-state index >= 15 is 0 Å². The van der Waals surface area contributed by atoms with Gasteiger partial charge >= 0.3 is 12.1 Å². The maximum Gasteiger partial charge on any atom is 0.471 e. The number of pyridine rings is 1. The van der Waals surface area contributed by atoms with Crippen LogP contribution in [0.1, 0.15) is 40.7 Å². The molecule has 0 saturated heterocycles. The standard InChI is InChI=1S/C23H20F3N5O2S/c1-13-4-6-14(7-5-13)17-11-34-21(29-17)22(2,3)12-28-19(32)16-8-15(9-27-10-16)18-30-20(33-31-18)23(24,25)26/h4-11H,12H2,1-3H3,(H,28,32). The van der Waals surface area contributed by atoms with Gasteiger partial charge < -0.3 is 9.84 Å². The van der Waals surface area contributed by atoms with Crippen LogP contribution in [0.25, 0.3) is 22.6 Å². The molecule has 4 aromatic rings. The topological polar surface area (TPSA) is 93.8 Å². The van der Waals surface area contributed by atoms with Crippen LogP contribution in [0.3, 0.4) is 0 Å². The molecule has 0 saturated carbocycles. The fourth-order valence-corrected chi connectivity index (χ4v) is 4.02. The highest BCUT2D eigenvalue weighted by molar-refractivity contribution is 7.10. The summed E-state index contributed by atoms with van der Waals surface area (Å²) in [6.07, 6.45) is -2.18. The number of alkyl halides is 3. The van der Waals surface area contributed by atoms with Gasteiger partial charge in [0.15, 0.2) is 0 Å². The number of nitrogens with zero attached hydrogens (tertiary/aromatic N) is 4. The summed E-state index contributed by atoms with van der Waals surface area (Å²) in [5.74, 6) is -2.20. The summed E-state index contributed by atoms with van der Waals surface area (Å²) in [6, 6.07) is 9.45. The molecule has 0 aliphatic rings. The maximum absolute atomic E-state index is 12.7. The van der Waals surface area contributed by atoms with Gasteiger partial charge in [0.05, 0.1) is 11.3 Å². The van der Waals surface area contributed by atoms with Crippen LogP contribution in [0.5, 0.6) is 0 Å². The van der Waals surface area contributed by atoms with Crippen LogP contribution in [-0.4, -0.2) is 32.6 Å². The average molecular weight is 488 g/mol.